The van der Waals surface area contributed by atoms with Gasteiger partial charge >= 0.3 is 6.18 Å². The number of alkyl halides is 3. The SMILES string of the molecule is CNC1=NCCC(C(F)(F)F)=N1. The third-order valence-corrected chi connectivity index (χ3v) is 1.40. The van der Waals surface area contributed by atoms with Crippen LogP contribution in [-0.4, -0.2) is 31.4 Å². The van der Waals surface area contributed by atoms with Crippen molar-refractivity contribution >= 4 is 11.7 Å². The quantitative estimate of drug-likeness (QED) is 0.591. The lowest BCUT2D eigenvalue weighted by atomic mass is 10.2. The molecule has 1 rings (SSSR count). The molecule has 0 spiro atoms. The van der Waals surface area contributed by atoms with Gasteiger partial charge in [-0.15, -0.1) is 0 Å². The van der Waals surface area contributed by atoms with E-state index in [9.17, 15) is 13.2 Å². The zero-order chi connectivity index (χ0) is 9.19. The molecule has 0 unspecified atom stereocenters. The van der Waals surface area contributed by atoms with E-state index in [-0.39, 0.29) is 18.9 Å². The minimum Gasteiger partial charge on any atom is -0.358 e. The summed E-state index contributed by atoms with van der Waals surface area (Å²) >= 11 is 0. The van der Waals surface area contributed by atoms with Crippen LogP contribution in [-0.2, 0) is 0 Å². The van der Waals surface area contributed by atoms with Crippen LogP contribution in [0.15, 0.2) is 9.98 Å². The average molecular weight is 179 g/mol. The van der Waals surface area contributed by atoms with E-state index in [1.807, 2.05) is 0 Å². The maximum atomic E-state index is 12.0. The lowest BCUT2D eigenvalue weighted by Crippen LogP contribution is -2.31. The minimum atomic E-state index is -4.32. The molecule has 0 saturated carbocycles. The summed E-state index contributed by atoms with van der Waals surface area (Å²) < 4.78 is 36.1. The fourth-order valence-electron chi connectivity index (χ4n) is 0.827. The topological polar surface area (TPSA) is 36.8 Å². The normalized spacial score (nSPS) is 18.3. The lowest BCUT2D eigenvalue weighted by Gasteiger charge is -2.13. The van der Waals surface area contributed by atoms with Crippen molar-refractivity contribution in [3.05, 3.63) is 0 Å². The number of guanidine groups is 1. The molecule has 68 valence electrons. The van der Waals surface area contributed by atoms with Gasteiger partial charge in [0.2, 0.25) is 5.96 Å². The van der Waals surface area contributed by atoms with Crippen molar-refractivity contribution < 1.29 is 13.2 Å². The Morgan fingerprint density at radius 2 is 2.08 bits per heavy atom. The molecular weight excluding hydrogens is 171 g/mol. The average Bonchev–Trinajstić information content (AvgIpc) is 2.03. The maximum absolute atomic E-state index is 12.0. The number of hydrogen-bond donors (Lipinski definition) is 1. The Balaban J connectivity index is 2.80. The van der Waals surface area contributed by atoms with Gasteiger partial charge in [0.1, 0.15) is 5.71 Å². The van der Waals surface area contributed by atoms with Crippen LogP contribution in [0.25, 0.3) is 0 Å². The van der Waals surface area contributed by atoms with Crippen molar-refractivity contribution in [2.75, 3.05) is 13.6 Å². The van der Waals surface area contributed by atoms with Gasteiger partial charge in [0.05, 0.1) is 0 Å². The molecule has 3 nitrogen and oxygen atoms in total. The van der Waals surface area contributed by atoms with Crippen molar-refractivity contribution in [2.45, 2.75) is 12.6 Å². The summed E-state index contributed by atoms with van der Waals surface area (Å²) in [6, 6.07) is 0. The van der Waals surface area contributed by atoms with Gasteiger partial charge in [0.15, 0.2) is 0 Å². The summed E-state index contributed by atoms with van der Waals surface area (Å²) in [6.07, 6.45) is -4.45. The number of nitrogens with zero attached hydrogens (tertiary/aromatic N) is 2. The van der Waals surface area contributed by atoms with E-state index in [1.54, 1.807) is 0 Å². The Labute approximate surface area is 67.4 Å². The molecule has 0 atom stereocenters. The summed E-state index contributed by atoms with van der Waals surface area (Å²) in [7, 11) is 1.49. The largest absolute Gasteiger partial charge is 0.429 e. The highest BCUT2D eigenvalue weighted by Crippen LogP contribution is 2.20. The van der Waals surface area contributed by atoms with E-state index in [0.717, 1.165) is 0 Å². The van der Waals surface area contributed by atoms with Crippen LogP contribution >= 0.6 is 0 Å². The standard InChI is InChI=1S/C6H8F3N3/c1-10-5-11-3-2-4(12-5)6(7,8)9/h2-3H2,1H3,(H,10,11). The van der Waals surface area contributed by atoms with Crippen LogP contribution < -0.4 is 5.32 Å². The molecule has 0 aromatic carbocycles. The van der Waals surface area contributed by atoms with Crippen molar-refractivity contribution in [3.8, 4) is 0 Å². The molecule has 6 heteroatoms. The zero-order valence-electron chi connectivity index (χ0n) is 6.44. The molecule has 0 fully saturated rings. The molecule has 0 aromatic heterocycles. The molecule has 0 amide bonds. The molecule has 1 aliphatic rings. The molecule has 0 radical (unpaired) electrons. The van der Waals surface area contributed by atoms with Gasteiger partial charge in [-0.2, -0.15) is 13.2 Å². The predicted octanol–water partition coefficient (Wildman–Crippen LogP) is 0.969. The molecule has 0 saturated heterocycles. The van der Waals surface area contributed by atoms with Gasteiger partial charge in [-0.25, -0.2) is 4.99 Å². The second-order valence-electron chi connectivity index (χ2n) is 2.26. The van der Waals surface area contributed by atoms with Gasteiger partial charge in [-0.1, -0.05) is 0 Å². The molecule has 0 aromatic rings. The van der Waals surface area contributed by atoms with Gasteiger partial charge in [-0.05, 0) is 0 Å². The Morgan fingerprint density at radius 1 is 1.42 bits per heavy atom. The molecular formula is C6H8F3N3. The van der Waals surface area contributed by atoms with Gasteiger partial charge < -0.3 is 5.32 Å². The first-order valence-corrected chi connectivity index (χ1v) is 3.41. The summed E-state index contributed by atoms with van der Waals surface area (Å²) in [5, 5.41) is 2.47. The van der Waals surface area contributed by atoms with E-state index in [4.69, 9.17) is 0 Å². The van der Waals surface area contributed by atoms with Crippen molar-refractivity contribution in [1.29, 1.82) is 0 Å². The molecule has 12 heavy (non-hydrogen) atoms. The number of hydrogen-bond acceptors (Lipinski definition) is 3. The van der Waals surface area contributed by atoms with Gasteiger partial charge in [0, 0.05) is 20.0 Å². The molecule has 1 aliphatic heterocycles. The van der Waals surface area contributed by atoms with Crippen LogP contribution in [0.3, 0.4) is 0 Å². The number of rotatable bonds is 0. The third kappa shape index (κ3) is 1.96. The van der Waals surface area contributed by atoms with Crippen molar-refractivity contribution in [3.63, 3.8) is 0 Å². The Kier molecular flexibility index (Phi) is 2.35. The highest BCUT2D eigenvalue weighted by atomic mass is 19.4. The smallest absolute Gasteiger partial charge is 0.358 e. The van der Waals surface area contributed by atoms with E-state index in [1.165, 1.54) is 7.05 Å². The number of aliphatic imine (C=N–C) groups is 2. The Hall–Kier alpha value is -1.07. The minimum absolute atomic E-state index is 0.0496. The van der Waals surface area contributed by atoms with Crippen LogP contribution in [0.5, 0.6) is 0 Å². The van der Waals surface area contributed by atoms with E-state index < -0.39 is 11.9 Å². The first-order chi connectivity index (χ1) is 5.54. The summed E-state index contributed by atoms with van der Waals surface area (Å²) in [4.78, 5) is 7.03. The molecule has 1 N–H and O–H groups in total. The monoisotopic (exact) mass is 179 g/mol. The second-order valence-corrected chi connectivity index (χ2v) is 2.26. The predicted molar refractivity (Wildman–Crippen MR) is 39.5 cm³/mol. The fourth-order valence-corrected chi connectivity index (χ4v) is 0.827. The Bertz CT molecular complexity index is 229. The number of nitrogens with one attached hydrogen (secondary N) is 1. The highest BCUT2D eigenvalue weighted by molar-refractivity contribution is 6.01. The van der Waals surface area contributed by atoms with Crippen LogP contribution in [0.1, 0.15) is 6.42 Å². The number of halogens is 3. The van der Waals surface area contributed by atoms with Crippen LogP contribution in [0.4, 0.5) is 13.2 Å². The highest BCUT2D eigenvalue weighted by Gasteiger charge is 2.36. The van der Waals surface area contributed by atoms with Gasteiger partial charge in [0.25, 0.3) is 0 Å². The zero-order valence-corrected chi connectivity index (χ0v) is 6.44. The second kappa shape index (κ2) is 3.12. The molecule has 0 bridgehead atoms. The maximum Gasteiger partial charge on any atom is 0.429 e. The molecule has 1 heterocycles. The lowest BCUT2D eigenvalue weighted by molar-refractivity contribution is -0.0603. The first-order valence-electron chi connectivity index (χ1n) is 3.41. The third-order valence-electron chi connectivity index (χ3n) is 1.40. The molecule has 0 aliphatic carbocycles. The summed E-state index contributed by atoms with van der Waals surface area (Å²) in [5.41, 5.74) is -0.762. The summed E-state index contributed by atoms with van der Waals surface area (Å²) in [6.45, 7) is 0.147. The fraction of sp³-hybridized carbons (Fsp3) is 0.667. The summed E-state index contributed by atoms with van der Waals surface area (Å²) in [5.74, 6) is 0.0496. The van der Waals surface area contributed by atoms with Crippen molar-refractivity contribution in [1.82, 2.24) is 5.32 Å². The van der Waals surface area contributed by atoms with E-state index in [0.29, 0.717) is 0 Å². The van der Waals surface area contributed by atoms with Crippen LogP contribution in [0.2, 0.25) is 0 Å². The Morgan fingerprint density at radius 3 is 2.58 bits per heavy atom. The first kappa shape index (κ1) is 9.02. The van der Waals surface area contributed by atoms with Crippen molar-refractivity contribution in [2.24, 2.45) is 9.98 Å². The van der Waals surface area contributed by atoms with E-state index >= 15 is 0 Å². The van der Waals surface area contributed by atoms with Gasteiger partial charge in [-0.3, -0.25) is 4.99 Å². The van der Waals surface area contributed by atoms with Crippen LogP contribution in [0, 0.1) is 0 Å². The van der Waals surface area contributed by atoms with E-state index in [2.05, 4.69) is 15.3 Å².